The summed E-state index contributed by atoms with van der Waals surface area (Å²) in [6.07, 6.45) is -4.50. The zero-order chi connectivity index (χ0) is 13.8. The van der Waals surface area contributed by atoms with Crippen LogP contribution in [-0.4, -0.2) is 25.2 Å². The highest BCUT2D eigenvalue weighted by Gasteiger charge is 2.27. The van der Waals surface area contributed by atoms with E-state index in [1.807, 2.05) is 0 Å². The lowest BCUT2D eigenvalue weighted by atomic mass is 10.3. The van der Waals surface area contributed by atoms with Crippen LogP contribution in [0.4, 0.5) is 23.2 Å². The molecular formula is C10H10F4N2O2. The number of hydrogen-bond acceptors (Lipinski definition) is 3. The quantitative estimate of drug-likeness (QED) is 0.640. The number of nitrogens with one attached hydrogen (secondary N) is 1. The van der Waals surface area contributed by atoms with Crippen molar-refractivity contribution in [2.45, 2.75) is 6.18 Å². The summed E-state index contributed by atoms with van der Waals surface area (Å²) in [5.41, 5.74) is 5.45. The van der Waals surface area contributed by atoms with Gasteiger partial charge in [0.25, 0.3) is 5.91 Å². The number of carbonyl (C=O) groups excluding carboxylic acids is 1. The van der Waals surface area contributed by atoms with E-state index in [9.17, 15) is 22.4 Å². The van der Waals surface area contributed by atoms with Crippen LogP contribution in [0.15, 0.2) is 18.2 Å². The van der Waals surface area contributed by atoms with Crippen LogP contribution < -0.4 is 15.8 Å². The SMILES string of the molecule is Nc1ccc(OCC(=O)NCC(F)(F)F)c(F)c1. The zero-order valence-corrected chi connectivity index (χ0v) is 9.05. The van der Waals surface area contributed by atoms with Gasteiger partial charge >= 0.3 is 6.18 Å². The Morgan fingerprint density at radius 3 is 2.61 bits per heavy atom. The largest absolute Gasteiger partial charge is 0.481 e. The molecule has 0 saturated heterocycles. The van der Waals surface area contributed by atoms with Crippen molar-refractivity contribution in [1.82, 2.24) is 5.32 Å². The van der Waals surface area contributed by atoms with E-state index in [4.69, 9.17) is 10.5 Å². The first-order valence-electron chi connectivity index (χ1n) is 4.79. The number of hydrogen-bond donors (Lipinski definition) is 2. The van der Waals surface area contributed by atoms with Crippen molar-refractivity contribution in [3.8, 4) is 5.75 Å². The Labute approximate surface area is 99.7 Å². The highest BCUT2D eigenvalue weighted by molar-refractivity contribution is 5.77. The van der Waals surface area contributed by atoms with Crippen molar-refractivity contribution in [2.24, 2.45) is 0 Å². The van der Waals surface area contributed by atoms with E-state index in [1.54, 1.807) is 5.32 Å². The molecule has 0 saturated carbocycles. The second kappa shape index (κ2) is 5.56. The van der Waals surface area contributed by atoms with E-state index in [0.29, 0.717) is 0 Å². The van der Waals surface area contributed by atoms with Crippen molar-refractivity contribution in [3.63, 3.8) is 0 Å². The molecule has 0 bridgehead atoms. The average molecular weight is 266 g/mol. The van der Waals surface area contributed by atoms with Gasteiger partial charge in [-0.2, -0.15) is 13.2 Å². The van der Waals surface area contributed by atoms with Gasteiger partial charge in [0, 0.05) is 11.8 Å². The van der Waals surface area contributed by atoms with Crippen LogP contribution in [0.1, 0.15) is 0 Å². The van der Waals surface area contributed by atoms with Crippen LogP contribution in [0.5, 0.6) is 5.75 Å². The Kier molecular flexibility index (Phi) is 4.35. The molecule has 0 unspecified atom stereocenters. The molecule has 1 aromatic carbocycles. The molecule has 0 aromatic heterocycles. The van der Waals surface area contributed by atoms with Gasteiger partial charge in [-0.05, 0) is 12.1 Å². The molecule has 1 rings (SSSR count). The average Bonchev–Trinajstić information content (AvgIpc) is 2.24. The van der Waals surface area contributed by atoms with Crippen LogP contribution in [0.25, 0.3) is 0 Å². The Morgan fingerprint density at radius 2 is 2.06 bits per heavy atom. The molecule has 1 aromatic rings. The number of nitrogen functional groups attached to an aromatic ring is 1. The summed E-state index contributed by atoms with van der Waals surface area (Å²) in [7, 11) is 0. The molecule has 0 spiro atoms. The van der Waals surface area contributed by atoms with Crippen LogP contribution >= 0.6 is 0 Å². The van der Waals surface area contributed by atoms with Crippen LogP contribution in [-0.2, 0) is 4.79 Å². The van der Waals surface area contributed by atoms with Crippen LogP contribution in [0, 0.1) is 5.82 Å². The summed E-state index contributed by atoms with van der Waals surface area (Å²) in [6.45, 7) is -2.17. The molecule has 0 atom stereocenters. The third-order valence-corrected chi connectivity index (χ3v) is 1.80. The summed E-state index contributed by atoms with van der Waals surface area (Å²) in [5.74, 6) is -2.05. The first-order chi connectivity index (χ1) is 8.28. The number of ether oxygens (including phenoxy) is 1. The summed E-state index contributed by atoms with van der Waals surface area (Å²) in [4.78, 5) is 11.0. The minimum absolute atomic E-state index is 0.168. The molecule has 0 radical (unpaired) electrons. The van der Waals surface area contributed by atoms with E-state index < -0.39 is 31.1 Å². The number of nitrogens with two attached hydrogens (primary N) is 1. The lowest BCUT2D eigenvalue weighted by Gasteiger charge is -2.10. The van der Waals surface area contributed by atoms with E-state index in [1.165, 1.54) is 12.1 Å². The van der Waals surface area contributed by atoms with Crippen molar-refractivity contribution in [2.75, 3.05) is 18.9 Å². The van der Waals surface area contributed by atoms with E-state index in [2.05, 4.69) is 0 Å². The maximum absolute atomic E-state index is 13.2. The molecule has 1 amide bonds. The molecular weight excluding hydrogens is 256 g/mol. The Morgan fingerprint density at radius 1 is 1.39 bits per heavy atom. The monoisotopic (exact) mass is 266 g/mol. The lowest BCUT2D eigenvalue weighted by Crippen LogP contribution is -2.36. The smallest absolute Gasteiger partial charge is 0.405 e. The van der Waals surface area contributed by atoms with Crippen molar-refractivity contribution < 1.29 is 27.1 Å². The maximum atomic E-state index is 13.2. The van der Waals surface area contributed by atoms with Gasteiger partial charge in [0.05, 0.1) is 0 Å². The van der Waals surface area contributed by atoms with Gasteiger partial charge in [-0.15, -0.1) is 0 Å². The molecule has 0 heterocycles. The zero-order valence-electron chi connectivity index (χ0n) is 9.05. The van der Waals surface area contributed by atoms with Crippen molar-refractivity contribution >= 4 is 11.6 Å². The van der Waals surface area contributed by atoms with Gasteiger partial charge in [-0.25, -0.2) is 4.39 Å². The molecule has 8 heteroatoms. The van der Waals surface area contributed by atoms with Gasteiger partial charge in [-0.1, -0.05) is 0 Å². The summed E-state index contributed by atoms with van der Waals surface area (Å²) in [6, 6.07) is 3.50. The van der Waals surface area contributed by atoms with Crippen LogP contribution in [0.3, 0.4) is 0 Å². The number of carbonyl (C=O) groups is 1. The molecule has 4 nitrogen and oxygen atoms in total. The normalized spacial score (nSPS) is 11.1. The Balaban J connectivity index is 2.43. The minimum Gasteiger partial charge on any atom is -0.481 e. The van der Waals surface area contributed by atoms with Crippen molar-refractivity contribution in [1.29, 1.82) is 0 Å². The Bertz CT molecular complexity index is 434. The highest BCUT2D eigenvalue weighted by Crippen LogP contribution is 2.19. The predicted octanol–water partition coefficient (Wildman–Crippen LogP) is 1.47. The fraction of sp³-hybridized carbons (Fsp3) is 0.300. The van der Waals surface area contributed by atoms with Crippen molar-refractivity contribution in [3.05, 3.63) is 24.0 Å². The number of amides is 1. The predicted molar refractivity (Wildman–Crippen MR) is 55.4 cm³/mol. The topological polar surface area (TPSA) is 64.3 Å². The van der Waals surface area contributed by atoms with Gasteiger partial charge in [-0.3, -0.25) is 4.79 Å². The number of alkyl halides is 3. The van der Waals surface area contributed by atoms with Gasteiger partial charge in [0.1, 0.15) is 6.54 Å². The fourth-order valence-corrected chi connectivity index (χ4v) is 1.03. The molecule has 3 N–H and O–H groups in total. The summed E-state index contributed by atoms with van der Waals surface area (Å²) >= 11 is 0. The minimum atomic E-state index is -4.50. The van der Waals surface area contributed by atoms with E-state index in [0.717, 1.165) is 6.07 Å². The van der Waals surface area contributed by atoms with Crippen LogP contribution in [0.2, 0.25) is 0 Å². The second-order valence-electron chi connectivity index (χ2n) is 3.37. The van der Waals surface area contributed by atoms with Gasteiger partial charge in [0.2, 0.25) is 0 Å². The molecule has 0 fully saturated rings. The lowest BCUT2D eigenvalue weighted by molar-refractivity contribution is -0.139. The maximum Gasteiger partial charge on any atom is 0.405 e. The number of halogens is 4. The summed E-state index contributed by atoms with van der Waals surface area (Å²) in [5, 5.41) is 1.59. The number of anilines is 1. The summed E-state index contributed by atoms with van der Waals surface area (Å²) < 4.78 is 53.1. The Hall–Kier alpha value is -1.99. The third kappa shape index (κ3) is 4.89. The first kappa shape index (κ1) is 14.1. The van der Waals surface area contributed by atoms with Gasteiger partial charge < -0.3 is 15.8 Å². The highest BCUT2D eigenvalue weighted by atomic mass is 19.4. The van der Waals surface area contributed by atoms with E-state index >= 15 is 0 Å². The molecule has 100 valence electrons. The fourth-order valence-electron chi connectivity index (χ4n) is 1.03. The van der Waals surface area contributed by atoms with E-state index in [-0.39, 0.29) is 11.4 Å². The molecule has 0 aliphatic carbocycles. The molecule has 18 heavy (non-hydrogen) atoms. The molecule has 0 aliphatic rings. The first-order valence-corrected chi connectivity index (χ1v) is 4.79. The molecule has 0 aliphatic heterocycles. The standard InChI is InChI=1S/C10H10F4N2O2/c11-7-3-6(15)1-2-8(7)18-4-9(17)16-5-10(12,13)14/h1-3H,4-5,15H2,(H,16,17). The van der Waals surface area contributed by atoms with Gasteiger partial charge in [0.15, 0.2) is 18.2 Å². The number of benzene rings is 1. The second-order valence-corrected chi connectivity index (χ2v) is 3.37. The number of rotatable bonds is 4. The third-order valence-electron chi connectivity index (χ3n) is 1.80.